The van der Waals surface area contributed by atoms with Crippen molar-refractivity contribution < 1.29 is 9.59 Å². The molecule has 0 aliphatic carbocycles. The minimum atomic E-state index is 0.0377. The van der Waals surface area contributed by atoms with E-state index in [1.165, 1.54) is 0 Å². The number of carbonyl (C=O) groups excluding carboxylic acids is 2. The molecular weight excluding hydrogens is 206 g/mol. The van der Waals surface area contributed by atoms with Gasteiger partial charge < -0.3 is 14.7 Å². The summed E-state index contributed by atoms with van der Waals surface area (Å²) in [5.41, 5.74) is 0. The van der Waals surface area contributed by atoms with Crippen molar-refractivity contribution >= 4 is 11.9 Å². The quantitative estimate of drug-likeness (QED) is 0.653. The van der Waals surface area contributed by atoms with E-state index in [0.29, 0.717) is 13.1 Å². The third kappa shape index (κ3) is 2.87. The largest absolute Gasteiger partial charge is 0.349 e. The third-order valence-corrected chi connectivity index (χ3v) is 2.94. The zero-order chi connectivity index (χ0) is 12.3. The van der Waals surface area contributed by atoms with Crippen molar-refractivity contribution in [2.45, 2.75) is 12.8 Å². The lowest BCUT2D eigenvalue weighted by Crippen LogP contribution is -2.46. The lowest BCUT2D eigenvalue weighted by molar-refractivity contribution is -0.134. The first-order valence-corrected chi connectivity index (χ1v) is 5.61. The van der Waals surface area contributed by atoms with E-state index in [-0.39, 0.29) is 17.9 Å². The van der Waals surface area contributed by atoms with Crippen LogP contribution in [-0.4, -0.2) is 67.9 Å². The van der Waals surface area contributed by atoms with Crippen molar-refractivity contribution in [3.05, 3.63) is 0 Å². The predicted molar refractivity (Wildman–Crippen MR) is 62.1 cm³/mol. The van der Waals surface area contributed by atoms with Crippen LogP contribution in [0.5, 0.6) is 0 Å². The number of urea groups is 1. The van der Waals surface area contributed by atoms with E-state index in [4.69, 9.17) is 0 Å². The second kappa shape index (κ2) is 5.18. The van der Waals surface area contributed by atoms with Gasteiger partial charge in [-0.25, -0.2) is 4.79 Å². The molecule has 0 saturated carbocycles. The first kappa shape index (κ1) is 12.8. The number of nitrogens with zero attached hydrogens (tertiary/aromatic N) is 3. The van der Waals surface area contributed by atoms with Gasteiger partial charge in [0.25, 0.3) is 0 Å². The lowest BCUT2D eigenvalue weighted by Gasteiger charge is -2.33. The van der Waals surface area contributed by atoms with Gasteiger partial charge in [0.05, 0.1) is 0 Å². The van der Waals surface area contributed by atoms with Crippen molar-refractivity contribution in [3.8, 4) is 0 Å². The minimum Gasteiger partial charge on any atom is -0.349 e. The average Bonchev–Trinajstić information content (AvgIpc) is 2.27. The fraction of sp³-hybridized carbons (Fsp3) is 0.818. The molecule has 1 aliphatic heterocycles. The second-order valence-electron chi connectivity index (χ2n) is 4.67. The zero-order valence-electron chi connectivity index (χ0n) is 10.6. The number of rotatable bonds is 1. The van der Waals surface area contributed by atoms with Crippen LogP contribution in [0.1, 0.15) is 12.8 Å². The fourth-order valence-electron chi connectivity index (χ4n) is 1.97. The summed E-state index contributed by atoms with van der Waals surface area (Å²) >= 11 is 0. The molecule has 3 amide bonds. The topological polar surface area (TPSA) is 43.9 Å². The van der Waals surface area contributed by atoms with E-state index in [2.05, 4.69) is 0 Å². The van der Waals surface area contributed by atoms with E-state index >= 15 is 0 Å². The number of carbonyl (C=O) groups is 2. The van der Waals surface area contributed by atoms with Crippen molar-refractivity contribution in [2.75, 3.05) is 41.3 Å². The summed E-state index contributed by atoms with van der Waals surface area (Å²) in [6, 6.07) is 0.0377. The second-order valence-corrected chi connectivity index (χ2v) is 4.67. The Morgan fingerprint density at radius 2 is 1.50 bits per heavy atom. The van der Waals surface area contributed by atoms with Gasteiger partial charge in [0.2, 0.25) is 5.91 Å². The van der Waals surface area contributed by atoms with Crippen molar-refractivity contribution in [1.82, 2.24) is 14.7 Å². The Bertz CT molecular complexity index is 240. The van der Waals surface area contributed by atoms with E-state index in [1.54, 1.807) is 42.9 Å². The summed E-state index contributed by atoms with van der Waals surface area (Å²) in [5.74, 6) is 0.262. The first-order chi connectivity index (χ1) is 7.43. The van der Waals surface area contributed by atoms with Gasteiger partial charge in [0, 0.05) is 47.2 Å². The molecule has 0 N–H and O–H groups in total. The van der Waals surface area contributed by atoms with Crippen LogP contribution in [0.3, 0.4) is 0 Å². The van der Waals surface area contributed by atoms with Crippen molar-refractivity contribution in [1.29, 1.82) is 0 Å². The summed E-state index contributed by atoms with van der Waals surface area (Å²) in [7, 11) is 7.05. The fourth-order valence-corrected chi connectivity index (χ4v) is 1.97. The highest BCUT2D eigenvalue weighted by Gasteiger charge is 2.28. The molecule has 0 aromatic heterocycles. The molecule has 0 bridgehead atoms. The Balaban J connectivity index is 2.45. The average molecular weight is 227 g/mol. The van der Waals surface area contributed by atoms with Crippen LogP contribution in [-0.2, 0) is 4.79 Å². The summed E-state index contributed by atoms with van der Waals surface area (Å²) < 4.78 is 0. The first-order valence-electron chi connectivity index (χ1n) is 5.61. The summed E-state index contributed by atoms with van der Waals surface area (Å²) in [6.07, 6.45) is 1.55. The molecule has 5 nitrogen and oxygen atoms in total. The maximum Gasteiger partial charge on any atom is 0.319 e. The molecule has 0 unspecified atom stereocenters. The number of piperidine rings is 1. The maximum absolute atomic E-state index is 11.7. The molecule has 0 spiro atoms. The molecule has 1 saturated heterocycles. The Morgan fingerprint density at radius 3 is 1.88 bits per heavy atom. The number of hydrogen-bond acceptors (Lipinski definition) is 2. The van der Waals surface area contributed by atoms with Gasteiger partial charge in [-0.2, -0.15) is 0 Å². The maximum atomic E-state index is 11.7. The Labute approximate surface area is 97.0 Å². The third-order valence-electron chi connectivity index (χ3n) is 2.94. The van der Waals surface area contributed by atoms with Gasteiger partial charge in [-0.3, -0.25) is 4.79 Å². The predicted octanol–water partition coefficient (Wildman–Crippen LogP) is 0.468. The Hall–Kier alpha value is -1.26. The zero-order valence-corrected chi connectivity index (χ0v) is 10.6. The number of amides is 3. The molecule has 0 radical (unpaired) electrons. The van der Waals surface area contributed by atoms with Gasteiger partial charge in [-0.1, -0.05) is 0 Å². The van der Waals surface area contributed by atoms with Gasteiger partial charge in [0.15, 0.2) is 0 Å². The molecule has 1 rings (SSSR count). The molecule has 0 aromatic carbocycles. The normalized spacial score (nSPS) is 17.1. The van der Waals surface area contributed by atoms with Gasteiger partial charge in [-0.05, 0) is 12.8 Å². The molecule has 1 aliphatic rings. The SMILES string of the molecule is CN(C)C(=O)C1CCN(C(=O)N(C)C)CC1. The molecule has 0 atom stereocenters. The molecule has 1 fully saturated rings. The van der Waals surface area contributed by atoms with E-state index in [9.17, 15) is 9.59 Å². The number of hydrogen-bond donors (Lipinski definition) is 0. The summed E-state index contributed by atoms with van der Waals surface area (Å²) in [6.45, 7) is 1.36. The van der Waals surface area contributed by atoms with Crippen molar-refractivity contribution in [3.63, 3.8) is 0 Å². The van der Waals surface area contributed by atoms with Crippen molar-refractivity contribution in [2.24, 2.45) is 5.92 Å². The standard InChI is InChI=1S/C11H21N3O2/c1-12(2)10(15)9-5-7-14(8-6-9)11(16)13(3)4/h9H,5-8H2,1-4H3. The molecule has 1 heterocycles. The van der Waals surface area contributed by atoms with Gasteiger partial charge >= 0.3 is 6.03 Å². The van der Waals surface area contributed by atoms with E-state index < -0.39 is 0 Å². The monoisotopic (exact) mass is 227 g/mol. The van der Waals surface area contributed by atoms with Gasteiger partial charge in [-0.15, -0.1) is 0 Å². The Kier molecular flexibility index (Phi) is 4.15. The van der Waals surface area contributed by atoms with Crippen LogP contribution in [0.4, 0.5) is 4.79 Å². The van der Waals surface area contributed by atoms with E-state index in [0.717, 1.165) is 12.8 Å². The van der Waals surface area contributed by atoms with E-state index in [1.807, 2.05) is 0 Å². The molecule has 5 heteroatoms. The molecule has 92 valence electrons. The highest BCUT2D eigenvalue weighted by atomic mass is 16.2. The molecule has 16 heavy (non-hydrogen) atoms. The lowest BCUT2D eigenvalue weighted by atomic mass is 9.96. The van der Waals surface area contributed by atoms with Crippen LogP contribution >= 0.6 is 0 Å². The highest BCUT2D eigenvalue weighted by molar-refractivity contribution is 5.79. The Morgan fingerprint density at radius 1 is 1.00 bits per heavy atom. The van der Waals surface area contributed by atoms with Crippen LogP contribution in [0.15, 0.2) is 0 Å². The summed E-state index contributed by atoms with van der Waals surface area (Å²) in [4.78, 5) is 28.4. The smallest absolute Gasteiger partial charge is 0.319 e. The number of likely N-dealkylation sites (tertiary alicyclic amines) is 1. The molecular formula is C11H21N3O2. The summed E-state index contributed by atoms with van der Waals surface area (Å²) in [5, 5.41) is 0. The molecule has 0 aromatic rings. The van der Waals surface area contributed by atoms with Gasteiger partial charge in [0.1, 0.15) is 0 Å². The minimum absolute atomic E-state index is 0.0377. The van der Waals surface area contributed by atoms with Crippen LogP contribution < -0.4 is 0 Å². The van der Waals surface area contributed by atoms with Crippen LogP contribution in [0, 0.1) is 5.92 Å². The van der Waals surface area contributed by atoms with Crippen LogP contribution in [0.25, 0.3) is 0 Å². The highest BCUT2D eigenvalue weighted by Crippen LogP contribution is 2.19. The van der Waals surface area contributed by atoms with Crippen LogP contribution in [0.2, 0.25) is 0 Å².